The van der Waals surface area contributed by atoms with Crippen LogP contribution in [0.1, 0.15) is 25.7 Å². The van der Waals surface area contributed by atoms with Crippen LogP contribution in [-0.2, 0) is 14.6 Å². The maximum atomic E-state index is 12.5. The van der Waals surface area contributed by atoms with E-state index in [1.165, 1.54) is 0 Å². The quantitative estimate of drug-likeness (QED) is 0.806. The Morgan fingerprint density at radius 2 is 1.88 bits per heavy atom. The van der Waals surface area contributed by atoms with Gasteiger partial charge in [-0.25, -0.2) is 8.42 Å². The van der Waals surface area contributed by atoms with E-state index in [-0.39, 0.29) is 18.1 Å². The third-order valence-electron chi connectivity index (χ3n) is 4.03. The zero-order valence-corrected chi connectivity index (χ0v) is 10.2. The largest absolute Gasteiger partial charge is 0.300 e. The van der Waals surface area contributed by atoms with Crippen LogP contribution in [0.3, 0.4) is 0 Å². The Morgan fingerprint density at radius 3 is 2.59 bits per heavy atom. The molecule has 2 aliphatic carbocycles. The van der Waals surface area contributed by atoms with E-state index in [9.17, 15) is 13.2 Å². The first-order valence-electron chi connectivity index (χ1n) is 5.88. The number of Topliss-reactive ketones (excluding diaryl/α,β-unsaturated/α-hetero) is 1. The summed E-state index contributed by atoms with van der Waals surface area (Å²) in [6, 6.07) is 8.50. The summed E-state index contributed by atoms with van der Waals surface area (Å²) in [6.07, 6.45) is 2.17. The third-order valence-corrected chi connectivity index (χ3v) is 6.64. The molecule has 2 atom stereocenters. The number of sulfone groups is 1. The molecule has 0 spiro atoms. The predicted molar refractivity (Wildman–Crippen MR) is 63.3 cm³/mol. The van der Waals surface area contributed by atoms with Crippen LogP contribution < -0.4 is 0 Å². The van der Waals surface area contributed by atoms with Crippen LogP contribution in [0.2, 0.25) is 0 Å². The maximum Gasteiger partial charge on any atom is 0.184 e. The molecule has 1 aromatic carbocycles. The molecular weight excluding hydrogens is 236 g/mol. The number of hydrogen-bond acceptors (Lipinski definition) is 3. The minimum absolute atomic E-state index is 0.0956. The molecule has 0 aromatic heterocycles. The van der Waals surface area contributed by atoms with Gasteiger partial charge in [0.1, 0.15) is 5.78 Å². The molecule has 2 saturated carbocycles. The SMILES string of the molecule is O=C1CC[C@H]2C[C@@]2(S(=O)(=O)c2ccccc2)C1. The molecule has 0 saturated heterocycles. The fraction of sp³-hybridized carbons (Fsp3) is 0.462. The molecule has 90 valence electrons. The van der Waals surface area contributed by atoms with Crippen molar-refractivity contribution in [3.8, 4) is 0 Å². The molecule has 4 heteroatoms. The van der Waals surface area contributed by atoms with Gasteiger partial charge in [0.15, 0.2) is 9.84 Å². The Bertz CT molecular complexity index is 562. The van der Waals surface area contributed by atoms with E-state index < -0.39 is 14.6 Å². The second kappa shape index (κ2) is 3.42. The van der Waals surface area contributed by atoms with Crippen LogP contribution in [-0.4, -0.2) is 18.9 Å². The first kappa shape index (κ1) is 11.0. The van der Waals surface area contributed by atoms with Gasteiger partial charge in [0, 0.05) is 12.8 Å². The van der Waals surface area contributed by atoms with Crippen molar-refractivity contribution in [2.24, 2.45) is 5.92 Å². The molecule has 2 aliphatic rings. The Morgan fingerprint density at radius 1 is 1.18 bits per heavy atom. The average molecular weight is 250 g/mol. The van der Waals surface area contributed by atoms with Gasteiger partial charge in [-0.2, -0.15) is 0 Å². The summed E-state index contributed by atoms with van der Waals surface area (Å²) in [6.45, 7) is 0. The van der Waals surface area contributed by atoms with Crippen molar-refractivity contribution in [2.75, 3.05) is 0 Å². The van der Waals surface area contributed by atoms with Crippen LogP contribution in [0, 0.1) is 5.92 Å². The molecular formula is C13H14O3S. The summed E-state index contributed by atoms with van der Waals surface area (Å²) in [5, 5.41) is 0. The van der Waals surface area contributed by atoms with Crippen LogP contribution >= 0.6 is 0 Å². The smallest absolute Gasteiger partial charge is 0.184 e. The highest BCUT2D eigenvalue weighted by molar-refractivity contribution is 7.93. The number of hydrogen-bond donors (Lipinski definition) is 0. The van der Waals surface area contributed by atoms with Gasteiger partial charge in [0.05, 0.1) is 9.64 Å². The summed E-state index contributed by atoms with van der Waals surface area (Å²) in [4.78, 5) is 11.9. The Hall–Kier alpha value is -1.16. The van der Waals surface area contributed by atoms with E-state index in [1.807, 2.05) is 0 Å². The van der Waals surface area contributed by atoms with Gasteiger partial charge in [-0.1, -0.05) is 18.2 Å². The van der Waals surface area contributed by atoms with Gasteiger partial charge < -0.3 is 0 Å². The van der Waals surface area contributed by atoms with Crippen molar-refractivity contribution in [3.05, 3.63) is 30.3 Å². The summed E-state index contributed by atoms with van der Waals surface area (Å²) < 4.78 is 24.3. The molecule has 3 nitrogen and oxygen atoms in total. The van der Waals surface area contributed by atoms with Crippen LogP contribution in [0.5, 0.6) is 0 Å². The molecule has 0 unspecified atom stereocenters. The van der Waals surface area contributed by atoms with E-state index in [0.29, 0.717) is 17.7 Å². The van der Waals surface area contributed by atoms with Crippen molar-refractivity contribution in [1.29, 1.82) is 0 Å². The number of carbonyl (C=O) groups excluding carboxylic acids is 1. The molecule has 3 rings (SSSR count). The van der Waals surface area contributed by atoms with Crippen LogP contribution in [0.4, 0.5) is 0 Å². The van der Waals surface area contributed by atoms with Gasteiger partial charge in [-0.05, 0) is 30.9 Å². The number of carbonyl (C=O) groups is 1. The van der Waals surface area contributed by atoms with Crippen molar-refractivity contribution in [3.63, 3.8) is 0 Å². The van der Waals surface area contributed by atoms with Gasteiger partial charge in [0.2, 0.25) is 0 Å². The first-order valence-corrected chi connectivity index (χ1v) is 7.36. The lowest BCUT2D eigenvalue weighted by atomic mass is 9.99. The standard InChI is InChI=1S/C13H14O3S/c14-11-7-6-10-8-13(10,9-11)17(15,16)12-4-2-1-3-5-12/h1-5,10H,6-9H2/t10-,13+/m0/s1. The van der Waals surface area contributed by atoms with E-state index in [0.717, 1.165) is 6.42 Å². The topological polar surface area (TPSA) is 51.2 Å². The Labute approximate surface area is 101 Å². The lowest BCUT2D eigenvalue weighted by Crippen LogP contribution is -2.32. The maximum absolute atomic E-state index is 12.5. The van der Waals surface area contributed by atoms with Crippen LogP contribution in [0.15, 0.2) is 35.2 Å². The number of rotatable bonds is 2. The Kier molecular flexibility index (Phi) is 2.20. The molecule has 0 radical (unpaired) electrons. The summed E-state index contributed by atoms with van der Waals surface area (Å²) >= 11 is 0. The number of fused-ring (bicyclic) bond motifs is 1. The zero-order chi connectivity index (χ0) is 12.1. The van der Waals surface area contributed by atoms with Crippen molar-refractivity contribution in [1.82, 2.24) is 0 Å². The van der Waals surface area contributed by atoms with E-state index in [2.05, 4.69) is 0 Å². The minimum atomic E-state index is -3.34. The third kappa shape index (κ3) is 1.47. The van der Waals surface area contributed by atoms with Crippen LogP contribution in [0.25, 0.3) is 0 Å². The highest BCUT2D eigenvalue weighted by atomic mass is 32.2. The number of benzene rings is 1. The zero-order valence-electron chi connectivity index (χ0n) is 9.43. The van der Waals surface area contributed by atoms with Gasteiger partial charge in [0.25, 0.3) is 0 Å². The molecule has 2 fully saturated rings. The average Bonchev–Trinajstić information content (AvgIpc) is 3.05. The van der Waals surface area contributed by atoms with Crippen molar-refractivity contribution >= 4 is 15.6 Å². The molecule has 0 heterocycles. The molecule has 1 aromatic rings. The van der Waals surface area contributed by atoms with Crippen molar-refractivity contribution < 1.29 is 13.2 Å². The second-order valence-corrected chi connectivity index (χ2v) is 7.33. The summed E-state index contributed by atoms with van der Waals surface area (Å²) in [7, 11) is -3.34. The molecule has 0 aliphatic heterocycles. The lowest BCUT2D eigenvalue weighted by molar-refractivity contribution is -0.120. The molecule has 0 N–H and O–H groups in total. The van der Waals surface area contributed by atoms with E-state index in [1.54, 1.807) is 30.3 Å². The number of ketones is 1. The first-order chi connectivity index (χ1) is 8.06. The summed E-state index contributed by atoms with van der Waals surface area (Å²) in [5.74, 6) is 0.295. The monoisotopic (exact) mass is 250 g/mol. The fourth-order valence-corrected chi connectivity index (χ4v) is 5.27. The second-order valence-electron chi connectivity index (χ2n) is 5.04. The van der Waals surface area contributed by atoms with Gasteiger partial charge >= 0.3 is 0 Å². The van der Waals surface area contributed by atoms with E-state index >= 15 is 0 Å². The minimum Gasteiger partial charge on any atom is -0.300 e. The van der Waals surface area contributed by atoms with Gasteiger partial charge in [-0.15, -0.1) is 0 Å². The highest BCUT2D eigenvalue weighted by Crippen LogP contribution is 2.59. The fourth-order valence-electron chi connectivity index (χ4n) is 2.96. The van der Waals surface area contributed by atoms with Crippen molar-refractivity contribution in [2.45, 2.75) is 35.3 Å². The molecule has 0 bridgehead atoms. The highest BCUT2D eigenvalue weighted by Gasteiger charge is 2.65. The normalized spacial score (nSPS) is 32.0. The van der Waals surface area contributed by atoms with Gasteiger partial charge in [-0.3, -0.25) is 4.79 Å². The van der Waals surface area contributed by atoms with E-state index in [4.69, 9.17) is 0 Å². The lowest BCUT2D eigenvalue weighted by Gasteiger charge is -2.21. The summed E-state index contributed by atoms with van der Waals surface area (Å²) in [5.41, 5.74) is 0. The Balaban J connectivity index is 2.03. The molecule has 0 amide bonds. The predicted octanol–water partition coefficient (Wildman–Crippen LogP) is 1.97. The molecule has 17 heavy (non-hydrogen) atoms.